The monoisotopic (exact) mass is 542 g/mol. The van der Waals surface area contributed by atoms with Crippen LogP contribution >= 0.6 is 0 Å². The van der Waals surface area contributed by atoms with E-state index >= 15 is 0 Å². The maximum atomic E-state index is 12.2. The summed E-state index contributed by atoms with van der Waals surface area (Å²) in [6, 6.07) is 14.1. The minimum atomic E-state index is -0.366. The van der Waals surface area contributed by atoms with Gasteiger partial charge in [0.05, 0.1) is 26.7 Å². The molecule has 8 nitrogen and oxygen atoms in total. The highest BCUT2D eigenvalue weighted by Crippen LogP contribution is 2.39. The van der Waals surface area contributed by atoms with Crippen LogP contribution in [0, 0.1) is 0 Å². The quantitative estimate of drug-likeness (QED) is 0.153. The molecule has 1 unspecified atom stereocenters. The highest BCUT2D eigenvalue weighted by Gasteiger charge is 2.26. The third-order valence-electron chi connectivity index (χ3n) is 6.48. The van der Waals surface area contributed by atoms with Crippen LogP contribution in [0.15, 0.2) is 98.3 Å². The Morgan fingerprint density at radius 1 is 0.800 bits per heavy atom. The standard InChI is InChI=1S/C17H16O4.C15H14O4/c1-4-13(11-5-7-12(20-2)8-6-11)14-9-16(19)17(21-3)10-15(14)18;1-8(2)14-15(17-3)10-6-9-4-5-13(16)18-11(9)7-12(10)19-14/h4-10,13H,1H2,2-3H3;4-8H,1-3H3. The zero-order valence-corrected chi connectivity index (χ0v) is 23.0. The number of hydrogen-bond acceptors (Lipinski definition) is 8. The van der Waals surface area contributed by atoms with Gasteiger partial charge in [0.15, 0.2) is 17.3 Å². The lowest BCUT2D eigenvalue weighted by molar-refractivity contribution is -0.117. The van der Waals surface area contributed by atoms with Gasteiger partial charge in [-0.25, -0.2) is 4.79 Å². The van der Waals surface area contributed by atoms with Gasteiger partial charge in [-0.2, -0.15) is 0 Å². The molecule has 0 saturated carbocycles. The minimum absolute atomic E-state index is 0.0568. The number of furan rings is 1. The molecule has 8 heteroatoms. The van der Waals surface area contributed by atoms with Crippen molar-refractivity contribution >= 4 is 33.5 Å². The van der Waals surface area contributed by atoms with Crippen molar-refractivity contribution < 1.29 is 32.6 Å². The maximum Gasteiger partial charge on any atom is 0.336 e. The number of benzene rings is 2. The molecule has 0 fully saturated rings. The van der Waals surface area contributed by atoms with Crippen molar-refractivity contribution in [2.24, 2.45) is 0 Å². The fourth-order valence-electron chi connectivity index (χ4n) is 4.46. The molecule has 0 saturated heterocycles. The number of ether oxygens (including phenoxy) is 3. The molecule has 1 aliphatic rings. The van der Waals surface area contributed by atoms with Crippen molar-refractivity contribution in [1.29, 1.82) is 0 Å². The number of carbonyl (C=O) groups is 2. The number of hydrogen-bond donors (Lipinski definition) is 0. The van der Waals surface area contributed by atoms with E-state index in [0.29, 0.717) is 16.7 Å². The van der Waals surface area contributed by atoms with E-state index in [9.17, 15) is 14.4 Å². The Balaban J connectivity index is 0.000000186. The van der Waals surface area contributed by atoms with Gasteiger partial charge in [0.25, 0.3) is 0 Å². The summed E-state index contributed by atoms with van der Waals surface area (Å²) in [6.07, 6.45) is 4.18. The van der Waals surface area contributed by atoms with E-state index in [0.717, 1.165) is 33.6 Å². The molecule has 1 aliphatic carbocycles. The molecule has 0 spiro atoms. The average Bonchev–Trinajstić information content (AvgIpc) is 3.32. The van der Waals surface area contributed by atoms with Crippen LogP contribution in [0.4, 0.5) is 0 Å². The van der Waals surface area contributed by atoms with Gasteiger partial charge in [0.2, 0.25) is 5.78 Å². The van der Waals surface area contributed by atoms with Crippen molar-refractivity contribution in [3.8, 4) is 11.5 Å². The van der Waals surface area contributed by atoms with Crippen molar-refractivity contribution in [3.05, 3.63) is 106 Å². The van der Waals surface area contributed by atoms with Crippen molar-refractivity contribution in [1.82, 2.24) is 0 Å². The SMILES string of the molecule is C=CC(C1=CC(=O)C(OC)=CC1=O)c1ccc(OC)cc1.COc1c(C(C)C)oc2cc3oc(=O)ccc3cc12. The molecular weight excluding hydrogens is 512 g/mol. The number of rotatable bonds is 7. The second-order valence-corrected chi connectivity index (χ2v) is 9.32. The summed E-state index contributed by atoms with van der Waals surface area (Å²) in [5, 5.41) is 1.74. The molecule has 0 amide bonds. The number of ketones is 2. The molecule has 2 heterocycles. The number of fused-ring (bicyclic) bond motifs is 2. The van der Waals surface area contributed by atoms with Crippen LogP contribution in [0.5, 0.6) is 11.5 Å². The van der Waals surface area contributed by atoms with Crippen LogP contribution in [0.25, 0.3) is 21.9 Å². The van der Waals surface area contributed by atoms with Gasteiger partial charge >= 0.3 is 5.63 Å². The lowest BCUT2D eigenvalue weighted by atomic mass is 9.85. The first-order valence-electron chi connectivity index (χ1n) is 12.6. The van der Waals surface area contributed by atoms with Gasteiger partial charge < -0.3 is 23.0 Å². The largest absolute Gasteiger partial charge is 0.497 e. The molecule has 0 aliphatic heterocycles. The van der Waals surface area contributed by atoms with E-state index in [1.165, 1.54) is 25.3 Å². The molecule has 206 valence electrons. The zero-order chi connectivity index (χ0) is 29.0. The van der Waals surface area contributed by atoms with Gasteiger partial charge in [0.1, 0.15) is 22.7 Å². The molecule has 0 bridgehead atoms. The predicted octanol–water partition coefficient (Wildman–Crippen LogP) is 6.24. The van der Waals surface area contributed by atoms with E-state index < -0.39 is 0 Å². The Hall–Kier alpha value is -4.85. The number of allylic oxidation sites excluding steroid dienone is 4. The zero-order valence-electron chi connectivity index (χ0n) is 23.0. The summed E-state index contributed by atoms with van der Waals surface area (Å²) in [7, 11) is 4.58. The Morgan fingerprint density at radius 2 is 1.52 bits per heavy atom. The Morgan fingerprint density at radius 3 is 2.12 bits per heavy atom. The third kappa shape index (κ3) is 5.61. The van der Waals surface area contributed by atoms with E-state index in [1.54, 1.807) is 44.6 Å². The van der Waals surface area contributed by atoms with E-state index in [2.05, 4.69) is 6.58 Å². The fraction of sp³-hybridized carbons (Fsp3) is 0.219. The Kier molecular flexibility index (Phi) is 8.38. The topological polar surface area (TPSA) is 105 Å². The summed E-state index contributed by atoms with van der Waals surface area (Å²) in [4.78, 5) is 35.2. The average molecular weight is 543 g/mol. The fourth-order valence-corrected chi connectivity index (χ4v) is 4.46. The maximum absolute atomic E-state index is 12.2. The van der Waals surface area contributed by atoms with Crippen molar-refractivity contribution in [2.75, 3.05) is 21.3 Å². The lowest BCUT2D eigenvalue weighted by Crippen LogP contribution is -2.18. The van der Waals surface area contributed by atoms with E-state index in [1.807, 2.05) is 32.0 Å². The van der Waals surface area contributed by atoms with Crippen LogP contribution in [-0.2, 0) is 14.3 Å². The molecule has 1 atom stereocenters. The second kappa shape index (κ2) is 11.9. The van der Waals surface area contributed by atoms with E-state index in [-0.39, 0.29) is 34.8 Å². The van der Waals surface area contributed by atoms with Crippen LogP contribution in [0.1, 0.15) is 37.0 Å². The predicted molar refractivity (Wildman–Crippen MR) is 152 cm³/mol. The smallest absolute Gasteiger partial charge is 0.336 e. The number of methoxy groups -OCH3 is 3. The minimum Gasteiger partial charge on any atom is -0.497 e. The Labute approximate surface area is 231 Å². The van der Waals surface area contributed by atoms with Crippen LogP contribution < -0.4 is 15.1 Å². The summed E-state index contributed by atoms with van der Waals surface area (Å²) in [5.74, 6) is 1.65. The molecule has 2 aromatic carbocycles. The lowest BCUT2D eigenvalue weighted by Gasteiger charge is -2.18. The van der Waals surface area contributed by atoms with Crippen LogP contribution in [0.3, 0.4) is 0 Å². The van der Waals surface area contributed by atoms with Crippen LogP contribution in [0.2, 0.25) is 0 Å². The third-order valence-corrected chi connectivity index (χ3v) is 6.48. The summed E-state index contributed by atoms with van der Waals surface area (Å²) in [5.41, 5.74) is 2.08. The summed E-state index contributed by atoms with van der Waals surface area (Å²) in [6.45, 7) is 7.85. The van der Waals surface area contributed by atoms with Gasteiger partial charge in [-0.05, 0) is 35.9 Å². The molecular formula is C32H30O8. The normalized spacial score (nSPS) is 13.8. The van der Waals surface area contributed by atoms with Gasteiger partial charge in [0, 0.05) is 41.0 Å². The first kappa shape index (κ1) is 28.2. The molecule has 4 aromatic rings. The first-order chi connectivity index (χ1) is 19.2. The summed E-state index contributed by atoms with van der Waals surface area (Å²) < 4.78 is 26.4. The van der Waals surface area contributed by atoms with Crippen molar-refractivity contribution in [3.63, 3.8) is 0 Å². The second-order valence-electron chi connectivity index (χ2n) is 9.32. The van der Waals surface area contributed by atoms with Gasteiger partial charge in [-0.3, -0.25) is 9.59 Å². The molecule has 40 heavy (non-hydrogen) atoms. The van der Waals surface area contributed by atoms with Gasteiger partial charge in [-0.15, -0.1) is 6.58 Å². The van der Waals surface area contributed by atoms with Gasteiger partial charge in [-0.1, -0.05) is 32.1 Å². The molecule has 0 N–H and O–H groups in total. The van der Waals surface area contributed by atoms with E-state index in [4.69, 9.17) is 23.0 Å². The summed E-state index contributed by atoms with van der Waals surface area (Å²) >= 11 is 0. The highest BCUT2D eigenvalue weighted by molar-refractivity contribution is 6.19. The first-order valence-corrected chi connectivity index (χ1v) is 12.6. The molecule has 2 aromatic heterocycles. The highest BCUT2D eigenvalue weighted by atomic mass is 16.5. The molecule has 5 rings (SSSR count). The van der Waals surface area contributed by atoms with Crippen molar-refractivity contribution in [2.45, 2.75) is 25.7 Å². The van der Waals surface area contributed by atoms with Crippen LogP contribution in [-0.4, -0.2) is 32.9 Å². The Bertz CT molecular complexity index is 1700. The number of carbonyl (C=O) groups excluding carboxylic acids is 2. The molecule has 0 radical (unpaired) electrons.